The van der Waals surface area contributed by atoms with Crippen molar-refractivity contribution >= 4 is 11.9 Å². The van der Waals surface area contributed by atoms with Crippen LogP contribution in [0.15, 0.2) is 24.3 Å². The van der Waals surface area contributed by atoms with Crippen LogP contribution in [-0.4, -0.2) is 37.9 Å². The lowest BCUT2D eigenvalue weighted by atomic mass is 9.77. The van der Waals surface area contributed by atoms with E-state index in [-0.39, 0.29) is 18.0 Å². The van der Waals surface area contributed by atoms with Crippen molar-refractivity contribution in [3.05, 3.63) is 35.4 Å². The van der Waals surface area contributed by atoms with Crippen LogP contribution >= 0.6 is 0 Å². The molecule has 0 aliphatic carbocycles. The van der Waals surface area contributed by atoms with E-state index >= 15 is 0 Å². The van der Waals surface area contributed by atoms with Crippen LogP contribution in [0.3, 0.4) is 0 Å². The molecule has 0 spiro atoms. The monoisotopic (exact) mass is 346 g/mol. The second kappa shape index (κ2) is 8.00. The molecule has 136 valence electrons. The van der Waals surface area contributed by atoms with Gasteiger partial charge in [-0.2, -0.15) is 0 Å². The van der Waals surface area contributed by atoms with Crippen LogP contribution in [0, 0.1) is 11.8 Å². The Morgan fingerprint density at radius 2 is 1.88 bits per heavy atom. The van der Waals surface area contributed by atoms with E-state index in [0.29, 0.717) is 31.0 Å². The average molecular weight is 346 g/mol. The van der Waals surface area contributed by atoms with Crippen molar-refractivity contribution in [1.82, 2.24) is 0 Å². The van der Waals surface area contributed by atoms with E-state index in [4.69, 9.17) is 14.2 Å². The maximum atomic E-state index is 11.4. The SMILES string of the molecule is COC(=O)Cc1cccc(CC[C@@H]2[C@H](COC(C)=O)[C@H]3CC[C@@H]2O3)c1. The molecular formula is C20H26O5. The van der Waals surface area contributed by atoms with Crippen molar-refractivity contribution in [2.45, 2.75) is 51.2 Å². The lowest BCUT2D eigenvalue weighted by Crippen LogP contribution is -2.31. The highest BCUT2D eigenvalue weighted by molar-refractivity contribution is 5.72. The highest BCUT2D eigenvalue weighted by Crippen LogP contribution is 2.45. The number of hydrogen-bond donors (Lipinski definition) is 0. The van der Waals surface area contributed by atoms with E-state index in [0.717, 1.165) is 31.2 Å². The fourth-order valence-electron chi connectivity index (χ4n) is 4.18. The Hall–Kier alpha value is -1.88. The molecule has 2 bridgehead atoms. The topological polar surface area (TPSA) is 61.8 Å². The fraction of sp³-hybridized carbons (Fsp3) is 0.600. The van der Waals surface area contributed by atoms with Crippen molar-refractivity contribution in [2.24, 2.45) is 11.8 Å². The van der Waals surface area contributed by atoms with Crippen LogP contribution < -0.4 is 0 Å². The molecule has 2 aliphatic heterocycles. The van der Waals surface area contributed by atoms with Gasteiger partial charge < -0.3 is 14.2 Å². The Morgan fingerprint density at radius 1 is 1.16 bits per heavy atom. The smallest absolute Gasteiger partial charge is 0.309 e. The van der Waals surface area contributed by atoms with Crippen molar-refractivity contribution in [3.63, 3.8) is 0 Å². The third-order valence-electron chi connectivity index (χ3n) is 5.40. The van der Waals surface area contributed by atoms with Gasteiger partial charge in [0.15, 0.2) is 0 Å². The Bertz CT molecular complexity index is 626. The Labute approximate surface area is 148 Å². The van der Waals surface area contributed by atoms with Crippen LogP contribution in [-0.2, 0) is 36.6 Å². The number of rotatable bonds is 7. The van der Waals surface area contributed by atoms with Crippen LogP contribution in [0.1, 0.15) is 37.3 Å². The first-order valence-corrected chi connectivity index (χ1v) is 9.00. The molecule has 2 aliphatic rings. The van der Waals surface area contributed by atoms with Gasteiger partial charge in [-0.1, -0.05) is 24.3 Å². The fourth-order valence-corrected chi connectivity index (χ4v) is 4.18. The third-order valence-corrected chi connectivity index (χ3v) is 5.40. The minimum Gasteiger partial charge on any atom is -0.469 e. The minimum absolute atomic E-state index is 0.222. The van der Waals surface area contributed by atoms with Gasteiger partial charge in [0.05, 0.1) is 32.3 Å². The van der Waals surface area contributed by atoms with Gasteiger partial charge >= 0.3 is 11.9 Å². The summed E-state index contributed by atoms with van der Waals surface area (Å²) in [6.45, 7) is 1.92. The summed E-state index contributed by atoms with van der Waals surface area (Å²) in [5.41, 5.74) is 2.19. The Kier molecular flexibility index (Phi) is 5.74. The lowest BCUT2D eigenvalue weighted by Gasteiger charge is -2.27. The zero-order valence-electron chi connectivity index (χ0n) is 14.9. The molecule has 3 rings (SSSR count). The van der Waals surface area contributed by atoms with E-state index in [9.17, 15) is 9.59 Å². The number of carbonyl (C=O) groups is 2. The number of carbonyl (C=O) groups excluding carboxylic acids is 2. The summed E-state index contributed by atoms with van der Waals surface area (Å²) >= 11 is 0. The molecule has 0 aromatic heterocycles. The number of fused-ring (bicyclic) bond motifs is 2. The van der Waals surface area contributed by atoms with Gasteiger partial charge in [-0.05, 0) is 42.7 Å². The number of aryl methyl sites for hydroxylation is 1. The number of esters is 2. The summed E-state index contributed by atoms with van der Waals surface area (Å²) in [6.07, 6.45) is 4.95. The predicted octanol–water partition coefficient (Wildman–Crippen LogP) is 2.69. The molecule has 2 heterocycles. The van der Waals surface area contributed by atoms with E-state index in [1.807, 2.05) is 12.1 Å². The van der Waals surface area contributed by atoms with Crippen LogP contribution in [0.25, 0.3) is 0 Å². The van der Waals surface area contributed by atoms with Crippen molar-refractivity contribution < 1.29 is 23.8 Å². The molecule has 1 aromatic rings. The molecule has 0 saturated carbocycles. The Morgan fingerprint density at radius 3 is 2.60 bits per heavy atom. The number of methoxy groups -OCH3 is 1. The number of hydrogen-bond acceptors (Lipinski definition) is 5. The molecule has 2 fully saturated rings. The van der Waals surface area contributed by atoms with Crippen LogP contribution in [0.5, 0.6) is 0 Å². The standard InChI is InChI=1S/C20H26O5/c1-13(21)24-12-17-16(18-8-9-19(17)25-18)7-6-14-4-3-5-15(10-14)11-20(22)23-2/h3-5,10,16-19H,6-9,11-12H2,1-2H3/t16-,17+,18+,19-/m1/s1. The zero-order chi connectivity index (χ0) is 17.8. The summed E-state index contributed by atoms with van der Waals surface area (Å²) in [7, 11) is 1.41. The van der Waals surface area contributed by atoms with Gasteiger partial charge in [-0.25, -0.2) is 0 Å². The van der Waals surface area contributed by atoms with Crippen molar-refractivity contribution in [2.75, 3.05) is 13.7 Å². The van der Waals surface area contributed by atoms with Gasteiger partial charge in [0.25, 0.3) is 0 Å². The van der Waals surface area contributed by atoms with Gasteiger partial charge in [0.2, 0.25) is 0 Å². The molecule has 0 N–H and O–H groups in total. The Balaban J connectivity index is 1.59. The normalized spacial score (nSPS) is 27.3. The summed E-state index contributed by atoms with van der Waals surface area (Å²) in [5.74, 6) is 0.292. The highest BCUT2D eigenvalue weighted by Gasteiger charge is 2.48. The largest absolute Gasteiger partial charge is 0.469 e. The first kappa shape index (κ1) is 17.9. The second-order valence-corrected chi connectivity index (χ2v) is 7.03. The molecule has 2 saturated heterocycles. The van der Waals surface area contributed by atoms with Crippen LogP contribution in [0.2, 0.25) is 0 Å². The zero-order valence-corrected chi connectivity index (χ0v) is 14.9. The second-order valence-electron chi connectivity index (χ2n) is 7.03. The molecule has 0 radical (unpaired) electrons. The van der Waals surface area contributed by atoms with E-state index in [1.54, 1.807) is 0 Å². The number of benzene rings is 1. The minimum atomic E-state index is -0.225. The molecule has 1 aromatic carbocycles. The summed E-state index contributed by atoms with van der Waals surface area (Å²) in [5, 5.41) is 0. The van der Waals surface area contributed by atoms with Gasteiger partial charge in [0, 0.05) is 12.8 Å². The van der Waals surface area contributed by atoms with E-state index in [2.05, 4.69) is 12.1 Å². The van der Waals surface area contributed by atoms with Gasteiger partial charge in [0.1, 0.15) is 0 Å². The summed E-state index contributed by atoms with van der Waals surface area (Å²) in [6, 6.07) is 8.10. The molecule has 0 amide bonds. The lowest BCUT2D eigenvalue weighted by molar-refractivity contribution is -0.143. The van der Waals surface area contributed by atoms with Crippen LogP contribution in [0.4, 0.5) is 0 Å². The highest BCUT2D eigenvalue weighted by atomic mass is 16.5. The first-order valence-electron chi connectivity index (χ1n) is 9.00. The number of ether oxygens (including phenoxy) is 3. The molecule has 25 heavy (non-hydrogen) atoms. The molecule has 4 atom stereocenters. The maximum absolute atomic E-state index is 11.4. The quantitative estimate of drug-likeness (QED) is 0.711. The first-order chi connectivity index (χ1) is 12.1. The molecule has 0 unspecified atom stereocenters. The van der Waals surface area contributed by atoms with Crippen molar-refractivity contribution in [3.8, 4) is 0 Å². The summed E-state index contributed by atoms with van der Waals surface area (Å²) in [4.78, 5) is 22.6. The molecular weight excluding hydrogens is 320 g/mol. The van der Waals surface area contributed by atoms with E-state index in [1.165, 1.54) is 19.6 Å². The van der Waals surface area contributed by atoms with E-state index < -0.39 is 0 Å². The molecule has 5 heteroatoms. The molecule has 5 nitrogen and oxygen atoms in total. The van der Waals surface area contributed by atoms with Gasteiger partial charge in [-0.3, -0.25) is 9.59 Å². The summed E-state index contributed by atoms with van der Waals surface area (Å²) < 4.78 is 16.1. The van der Waals surface area contributed by atoms with Crippen molar-refractivity contribution in [1.29, 1.82) is 0 Å². The van der Waals surface area contributed by atoms with Gasteiger partial charge in [-0.15, -0.1) is 0 Å². The predicted molar refractivity (Wildman–Crippen MR) is 92.0 cm³/mol. The third kappa shape index (κ3) is 4.40. The average Bonchev–Trinajstić information content (AvgIpc) is 3.19. The maximum Gasteiger partial charge on any atom is 0.309 e.